The van der Waals surface area contributed by atoms with Crippen LogP contribution in [-0.2, 0) is 26.7 Å². The minimum Gasteiger partial charge on any atom is -0.225 e. The summed E-state index contributed by atoms with van der Waals surface area (Å²) in [5.41, 5.74) is 0.830. The van der Waals surface area contributed by atoms with E-state index in [0.29, 0.717) is 6.42 Å². The van der Waals surface area contributed by atoms with E-state index in [9.17, 15) is 16.8 Å². The molecule has 0 unspecified atom stereocenters. The van der Waals surface area contributed by atoms with Crippen LogP contribution in [0.25, 0.3) is 0 Å². The summed E-state index contributed by atoms with van der Waals surface area (Å²) in [6, 6.07) is 6.11. The summed E-state index contributed by atoms with van der Waals surface area (Å²) >= 11 is 0. The lowest BCUT2D eigenvalue weighted by molar-refractivity contribution is 0.539. The smallest absolute Gasteiger partial charge is 0.225 e. The molecule has 1 fully saturated rings. The fourth-order valence-electron chi connectivity index (χ4n) is 2.48. The molecule has 0 aromatic heterocycles. The molecule has 22 heavy (non-hydrogen) atoms. The zero-order valence-corrected chi connectivity index (χ0v) is 13.8. The summed E-state index contributed by atoms with van der Waals surface area (Å²) in [4.78, 5) is 0.0414. The maximum atomic E-state index is 11.8. The predicted molar refractivity (Wildman–Crippen MR) is 83.8 cm³/mol. The van der Waals surface area contributed by atoms with Gasteiger partial charge in [0.1, 0.15) is 0 Å². The molecule has 1 aliphatic carbocycles. The van der Waals surface area contributed by atoms with Crippen LogP contribution >= 0.6 is 0 Å². The van der Waals surface area contributed by atoms with Gasteiger partial charge in [-0.05, 0) is 37.0 Å². The number of nitrogens with one attached hydrogen (secondary N) is 2. The molecule has 2 rings (SSSR count). The molecule has 7 nitrogen and oxygen atoms in total. The van der Waals surface area contributed by atoms with Crippen molar-refractivity contribution in [2.75, 3.05) is 6.54 Å². The van der Waals surface area contributed by atoms with Gasteiger partial charge in [0, 0.05) is 12.6 Å². The second-order valence-electron chi connectivity index (χ2n) is 5.44. The van der Waals surface area contributed by atoms with Gasteiger partial charge < -0.3 is 0 Å². The van der Waals surface area contributed by atoms with Gasteiger partial charge >= 0.3 is 0 Å². The van der Waals surface area contributed by atoms with E-state index in [0.717, 1.165) is 31.2 Å². The number of hydrogen-bond donors (Lipinski definition) is 3. The first-order valence-electron chi connectivity index (χ1n) is 7.15. The van der Waals surface area contributed by atoms with Gasteiger partial charge in [-0.2, -0.15) is 13.1 Å². The molecule has 1 aliphatic rings. The van der Waals surface area contributed by atoms with Crippen LogP contribution in [0.5, 0.6) is 0 Å². The van der Waals surface area contributed by atoms with E-state index in [1.54, 1.807) is 12.1 Å². The average Bonchev–Trinajstić information content (AvgIpc) is 2.90. The lowest BCUT2D eigenvalue weighted by Gasteiger charge is -2.13. The van der Waals surface area contributed by atoms with E-state index in [1.807, 2.05) is 0 Å². The fraction of sp³-hybridized carbons (Fsp3) is 0.538. The van der Waals surface area contributed by atoms with Gasteiger partial charge in [0.15, 0.2) is 0 Å². The lowest BCUT2D eigenvalue weighted by Crippen LogP contribution is -2.42. The van der Waals surface area contributed by atoms with Crippen molar-refractivity contribution < 1.29 is 16.8 Å². The molecule has 9 heteroatoms. The maximum Gasteiger partial charge on any atom is 0.277 e. The van der Waals surface area contributed by atoms with E-state index in [1.165, 1.54) is 12.1 Å². The highest BCUT2D eigenvalue weighted by Crippen LogP contribution is 2.18. The van der Waals surface area contributed by atoms with Crippen LogP contribution in [0.3, 0.4) is 0 Å². The van der Waals surface area contributed by atoms with Crippen LogP contribution in [0.15, 0.2) is 29.2 Å². The van der Waals surface area contributed by atoms with Gasteiger partial charge in [-0.3, -0.25) is 0 Å². The summed E-state index contributed by atoms with van der Waals surface area (Å²) in [7, 11) is -7.18. The first-order chi connectivity index (χ1) is 10.3. The Bertz CT molecular complexity index is 693. The largest absolute Gasteiger partial charge is 0.277 e. The number of sulfonamides is 1. The Hall–Kier alpha value is -1.00. The topological polar surface area (TPSA) is 118 Å². The predicted octanol–water partition coefficient (Wildman–Crippen LogP) is 0.243. The third-order valence-corrected chi connectivity index (χ3v) is 5.79. The van der Waals surface area contributed by atoms with Crippen molar-refractivity contribution in [1.29, 1.82) is 0 Å². The normalized spacial score (nSPS) is 17.0. The summed E-state index contributed by atoms with van der Waals surface area (Å²) < 4.78 is 51.1. The van der Waals surface area contributed by atoms with E-state index >= 15 is 0 Å². The molecule has 0 atom stereocenters. The quantitative estimate of drug-likeness (QED) is 0.655. The van der Waals surface area contributed by atoms with Crippen molar-refractivity contribution in [2.45, 2.75) is 43.0 Å². The van der Waals surface area contributed by atoms with Gasteiger partial charge in [0.2, 0.25) is 10.0 Å². The minimum atomic E-state index is -3.70. The molecule has 0 heterocycles. The molecule has 0 radical (unpaired) electrons. The fourth-order valence-corrected chi connectivity index (χ4v) is 4.12. The highest BCUT2D eigenvalue weighted by Gasteiger charge is 2.20. The third-order valence-electron chi connectivity index (χ3n) is 3.63. The Labute approximate surface area is 131 Å². The van der Waals surface area contributed by atoms with Crippen molar-refractivity contribution in [2.24, 2.45) is 5.14 Å². The van der Waals surface area contributed by atoms with Gasteiger partial charge in [0.05, 0.1) is 4.90 Å². The van der Waals surface area contributed by atoms with Crippen molar-refractivity contribution in [3.63, 3.8) is 0 Å². The Balaban J connectivity index is 1.82. The first kappa shape index (κ1) is 17.4. The zero-order valence-electron chi connectivity index (χ0n) is 12.2. The van der Waals surface area contributed by atoms with Crippen molar-refractivity contribution in [1.82, 2.24) is 9.44 Å². The number of hydrogen-bond acceptors (Lipinski definition) is 4. The first-order valence-corrected chi connectivity index (χ1v) is 10.2. The van der Waals surface area contributed by atoms with Crippen LogP contribution in [-0.4, -0.2) is 29.4 Å². The highest BCUT2D eigenvalue weighted by atomic mass is 32.2. The Kier molecular flexibility index (Phi) is 5.56. The third kappa shape index (κ3) is 5.33. The molecule has 0 saturated heterocycles. The Morgan fingerprint density at radius 3 is 2.18 bits per heavy atom. The molecule has 1 saturated carbocycles. The summed E-state index contributed by atoms with van der Waals surface area (Å²) in [6.07, 6.45) is 4.36. The number of benzene rings is 1. The van der Waals surface area contributed by atoms with Crippen LogP contribution in [0.2, 0.25) is 0 Å². The van der Waals surface area contributed by atoms with Crippen molar-refractivity contribution in [3.05, 3.63) is 29.8 Å². The zero-order chi connectivity index (χ0) is 16.2. The summed E-state index contributed by atoms with van der Waals surface area (Å²) in [5.74, 6) is 0. The molecule has 0 aliphatic heterocycles. The second-order valence-corrected chi connectivity index (χ2v) is 8.53. The Morgan fingerprint density at radius 1 is 1.05 bits per heavy atom. The molecule has 0 bridgehead atoms. The minimum absolute atomic E-state index is 0.0338. The summed E-state index contributed by atoms with van der Waals surface area (Å²) in [5, 5.41) is 5.01. The number of nitrogens with two attached hydrogens (primary N) is 1. The lowest BCUT2D eigenvalue weighted by atomic mass is 10.2. The molecular weight excluding hydrogens is 326 g/mol. The van der Waals surface area contributed by atoms with Gasteiger partial charge in [-0.15, -0.1) is 0 Å². The van der Waals surface area contributed by atoms with Crippen LogP contribution < -0.4 is 14.6 Å². The number of rotatable bonds is 7. The van der Waals surface area contributed by atoms with Crippen molar-refractivity contribution in [3.8, 4) is 0 Å². The molecule has 4 N–H and O–H groups in total. The highest BCUT2D eigenvalue weighted by molar-refractivity contribution is 7.89. The van der Waals surface area contributed by atoms with Crippen LogP contribution in [0.1, 0.15) is 31.2 Å². The molecule has 1 aromatic carbocycles. The SMILES string of the molecule is NS(=O)(=O)c1ccc(CCNS(=O)(=O)NC2CCCC2)cc1. The molecule has 0 spiro atoms. The monoisotopic (exact) mass is 347 g/mol. The van der Waals surface area contributed by atoms with Crippen molar-refractivity contribution >= 4 is 20.2 Å². The standard InChI is InChI=1S/C13H21N3O4S2/c14-21(17,18)13-7-5-11(6-8-13)9-10-15-22(19,20)16-12-3-1-2-4-12/h5-8,12,15-16H,1-4,9-10H2,(H2,14,17,18). The molecule has 1 aromatic rings. The number of primary sulfonamides is 1. The van der Waals surface area contributed by atoms with Gasteiger partial charge in [0.25, 0.3) is 10.2 Å². The molecule has 0 amide bonds. The van der Waals surface area contributed by atoms with Gasteiger partial charge in [-0.25, -0.2) is 18.3 Å². The van der Waals surface area contributed by atoms with E-state index in [2.05, 4.69) is 9.44 Å². The van der Waals surface area contributed by atoms with Crippen LogP contribution in [0, 0.1) is 0 Å². The maximum absolute atomic E-state index is 11.8. The van der Waals surface area contributed by atoms with E-state index in [-0.39, 0.29) is 17.5 Å². The summed E-state index contributed by atoms with van der Waals surface area (Å²) in [6.45, 7) is 0.247. The van der Waals surface area contributed by atoms with E-state index in [4.69, 9.17) is 5.14 Å². The Morgan fingerprint density at radius 2 is 1.64 bits per heavy atom. The molecule has 124 valence electrons. The van der Waals surface area contributed by atoms with E-state index < -0.39 is 20.2 Å². The van der Waals surface area contributed by atoms with Gasteiger partial charge in [-0.1, -0.05) is 25.0 Å². The average molecular weight is 347 g/mol. The van der Waals surface area contributed by atoms with Crippen LogP contribution in [0.4, 0.5) is 0 Å². The second kappa shape index (κ2) is 7.05. The molecular formula is C13H21N3O4S2.